The Hall–Kier alpha value is -2.77. The molecule has 5 nitrogen and oxygen atoms in total. The summed E-state index contributed by atoms with van der Waals surface area (Å²) in [5.41, 5.74) is 3.87. The van der Waals surface area contributed by atoms with Gasteiger partial charge in [0.05, 0.1) is 5.75 Å². The van der Waals surface area contributed by atoms with E-state index in [1.54, 1.807) is 12.4 Å². The van der Waals surface area contributed by atoms with Crippen molar-refractivity contribution in [2.24, 2.45) is 0 Å². The van der Waals surface area contributed by atoms with Crippen LogP contribution in [0.2, 0.25) is 0 Å². The Kier molecular flexibility index (Phi) is 5.70. The number of Topliss-reactive ketones (excluding diaryl/α,β-unsaturated/α-hetero) is 1. The summed E-state index contributed by atoms with van der Waals surface area (Å²) < 4.78 is 3.21. The largest absolute Gasteiger partial charge is 0.299 e. The van der Waals surface area contributed by atoms with E-state index < -0.39 is 0 Å². The van der Waals surface area contributed by atoms with Crippen molar-refractivity contribution in [2.45, 2.75) is 24.0 Å². The number of aromatic nitrogens is 4. The van der Waals surface area contributed by atoms with Crippen molar-refractivity contribution >= 4 is 33.5 Å². The van der Waals surface area contributed by atoms with Crippen LogP contribution in [-0.2, 0) is 0 Å². The lowest BCUT2D eigenvalue weighted by Crippen LogP contribution is -2.05. The molecule has 31 heavy (non-hydrogen) atoms. The first-order valence-electron chi connectivity index (χ1n) is 10.1. The number of hydrogen-bond donors (Lipinski definition) is 0. The fraction of sp³-hybridized carbons (Fsp3) is 0.167. The molecule has 2 aromatic heterocycles. The third kappa shape index (κ3) is 4.48. The van der Waals surface area contributed by atoms with E-state index in [0.717, 1.165) is 45.0 Å². The Balaban J connectivity index is 1.30. The number of carbonyl (C=O) groups is 1. The summed E-state index contributed by atoms with van der Waals surface area (Å²) in [5, 5.41) is 9.55. The van der Waals surface area contributed by atoms with Gasteiger partial charge in [0.1, 0.15) is 0 Å². The molecule has 4 aromatic rings. The SMILES string of the molecule is O=C(CSc1nnc(-c2cccnc2)n1C1CC1)c1ccc(-c2ccc(Br)cc2)cc1. The Labute approximate surface area is 193 Å². The number of rotatable bonds is 7. The summed E-state index contributed by atoms with van der Waals surface area (Å²) >= 11 is 4.91. The second-order valence-corrected chi connectivity index (χ2v) is 9.30. The molecule has 0 N–H and O–H groups in total. The van der Waals surface area contributed by atoms with Crippen molar-refractivity contribution < 1.29 is 4.79 Å². The van der Waals surface area contributed by atoms with Crippen LogP contribution in [0.1, 0.15) is 29.2 Å². The molecule has 1 saturated carbocycles. The number of pyridine rings is 1. The zero-order valence-corrected chi connectivity index (χ0v) is 19.0. The minimum atomic E-state index is 0.0839. The minimum absolute atomic E-state index is 0.0839. The molecule has 2 heterocycles. The molecule has 0 amide bonds. The molecule has 0 aliphatic heterocycles. The molecule has 5 rings (SSSR count). The molecule has 0 saturated heterocycles. The maximum atomic E-state index is 12.8. The monoisotopic (exact) mass is 490 g/mol. The van der Waals surface area contributed by atoms with Gasteiger partial charge in [-0.05, 0) is 48.2 Å². The van der Waals surface area contributed by atoms with E-state index in [-0.39, 0.29) is 5.78 Å². The smallest absolute Gasteiger partial charge is 0.192 e. The zero-order valence-electron chi connectivity index (χ0n) is 16.6. The van der Waals surface area contributed by atoms with Crippen LogP contribution in [0.3, 0.4) is 0 Å². The highest BCUT2D eigenvalue weighted by Crippen LogP contribution is 2.41. The molecule has 154 valence electrons. The van der Waals surface area contributed by atoms with Crippen molar-refractivity contribution in [1.29, 1.82) is 0 Å². The predicted molar refractivity (Wildman–Crippen MR) is 126 cm³/mol. The molecule has 7 heteroatoms. The van der Waals surface area contributed by atoms with Crippen LogP contribution in [0.5, 0.6) is 0 Å². The van der Waals surface area contributed by atoms with Crippen molar-refractivity contribution in [3.8, 4) is 22.5 Å². The molecule has 1 aliphatic rings. The lowest BCUT2D eigenvalue weighted by molar-refractivity contribution is 0.102. The topological polar surface area (TPSA) is 60.7 Å². The molecular weight excluding hydrogens is 472 g/mol. The lowest BCUT2D eigenvalue weighted by Gasteiger charge is -2.08. The van der Waals surface area contributed by atoms with Gasteiger partial charge in [0.15, 0.2) is 16.8 Å². The van der Waals surface area contributed by atoms with E-state index in [0.29, 0.717) is 17.4 Å². The van der Waals surface area contributed by atoms with E-state index >= 15 is 0 Å². The van der Waals surface area contributed by atoms with Crippen molar-refractivity contribution in [1.82, 2.24) is 19.7 Å². The predicted octanol–water partition coefficient (Wildman–Crippen LogP) is 6.08. The maximum Gasteiger partial charge on any atom is 0.192 e. The van der Waals surface area contributed by atoms with E-state index in [1.807, 2.05) is 48.5 Å². The molecule has 0 atom stereocenters. The van der Waals surface area contributed by atoms with Crippen LogP contribution in [0.25, 0.3) is 22.5 Å². The number of nitrogens with zero attached hydrogens (tertiary/aromatic N) is 4. The molecule has 0 radical (unpaired) electrons. The summed E-state index contributed by atoms with van der Waals surface area (Å²) in [4.78, 5) is 17.0. The van der Waals surface area contributed by atoms with Gasteiger partial charge in [-0.1, -0.05) is 64.1 Å². The van der Waals surface area contributed by atoms with Crippen molar-refractivity contribution in [3.05, 3.63) is 83.1 Å². The van der Waals surface area contributed by atoms with Gasteiger partial charge in [0.2, 0.25) is 0 Å². The van der Waals surface area contributed by atoms with Crippen LogP contribution < -0.4 is 0 Å². The van der Waals surface area contributed by atoms with E-state index in [9.17, 15) is 4.79 Å². The Morgan fingerprint density at radius 3 is 2.32 bits per heavy atom. The normalized spacial score (nSPS) is 13.3. The number of hydrogen-bond acceptors (Lipinski definition) is 5. The molecule has 1 fully saturated rings. The van der Waals surface area contributed by atoms with Crippen LogP contribution in [0.15, 0.2) is 82.7 Å². The lowest BCUT2D eigenvalue weighted by atomic mass is 10.0. The zero-order chi connectivity index (χ0) is 21.2. The van der Waals surface area contributed by atoms with E-state index in [2.05, 4.69) is 47.8 Å². The van der Waals surface area contributed by atoms with Gasteiger partial charge in [-0.25, -0.2) is 0 Å². The standard InChI is InChI=1S/C24H19BrN4OS/c25-20-9-7-17(8-10-20)16-3-5-18(6-4-16)22(30)15-31-24-28-27-23(29(24)21-11-12-21)19-2-1-13-26-14-19/h1-10,13-14,21H,11-12,15H2. The second-order valence-electron chi connectivity index (χ2n) is 7.45. The second kappa shape index (κ2) is 8.77. The van der Waals surface area contributed by atoms with Gasteiger partial charge in [0.25, 0.3) is 0 Å². The molecular formula is C24H19BrN4OS. The Morgan fingerprint density at radius 1 is 0.968 bits per heavy atom. The van der Waals surface area contributed by atoms with Crippen LogP contribution in [0, 0.1) is 0 Å². The van der Waals surface area contributed by atoms with E-state index in [1.165, 1.54) is 11.8 Å². The molecule has 0 spiro atoms. The molecule has 0 unspecified atom stereocenters. The molecule has 0 bridgehead atoms. The van der Waals surface area contributed by atoms with Gasteiger partial charge >= 0.3 is 0 Å². The summed E-state index contributed by atoms with van der Waals surface area (Å²) in [5.74, 6) is 1.24. The highest BCUT2D eigenvalue weighted by molar-refractivity contribution is 9.10. The summed E-state index contributed by atoms with van der Waals surface area (Å²) in [6.07, 6.45) is 5.78. The molecule has 1 aliphatic carbocycles. The van der Waals surface area contributed by atoms with Gasteiger partial charge in [-0.15, -0.1) is 10.2 Å². The summed E-state index contributed by atoms with van der Waals surface area (Å²) in [6.45, 7) is 0. The summed E-state index contributed by atoms with van der Waals surface area (Å²) in [6, 6.07) is 20.2. The highest BCUT2D eigenvalue weighted by atomic mass is 79.9. The fourth-order valence-electron chi connectivity index (χ4n) is 3.43. The highest BCUT2D eigenvalue weighted by Gasteiger charge is 2.30. The van der Waals surface area contributed by atoms with Gasteiger partial charge in [0, 0.05) is 34.0 Å². The number of ketones is 1. The first-order chi connectivity index (χ1) is 15.2. The van der Waals surface area contributed by atoms with Gasteiger partial charge < -0.3 is 0 Å². The minimum Gasteiger partial charge on any atom is -0.299 e. The van der Waals surface area contributed by atoms with Crippen LogP contribution >= 0.6 is 27.7 Å². The first-order valence-corrected chi connectivity index (χ1v) is 11.8. The Bertz CT molecular complexity index is 1200. The fourth-order valence-corrected chi connectivity index (χ4v) is 4.60. The average Bonchev–Trinajstić information content (AvgIpc) is 3.57. The first kappa shape index (κ1) is 20.2. The average molecular weight is 491 g/mol. The maximum absolute atomic E-state index is 12.8. The van der Waals surface area contributed by atoms with Gasteiger partial charge in [-0.3, -0.25) is 14.3 Å². The van der Waals surface area contributed by atoms with Crippen LogP contribution in [0.4, 0.5) is 0 Å². The van der Waals surface area contributed by atoms with Crippen molar-refractivity contribution in [2.75, 3.05) is 5.75 Å². The van der Waals surface area contributed by atoms with E-state index in [4.69, 9.17) is 0 Å². The number of halogens is 1. The summed E-state index contributed by atoms with van der Waals surface area (Å²) in [7, 11) is 0. The number of carbonyl (C=O) groups excluding carboxylic acids is 1. The number of benzene rings is 2. The third-order valence-electron chi connectivity index (χ3n) is 5.21. The number of thioether (sulfide) groups is 1. The van der Waals surface area contributed by atoms with Gasteiger partial charge in [-0.2, -0.15) is 0 Å². The Morgan fingerprint density at radius 2 is 1.68 bits per heavy atom. The molecule has 2 aromatic carbocycles. The quantitative estimate of drug-likeness (QED) is 0.232. The van der Waals surface area contributed by atoms with Crippen LogP contribution in [-0.4, -0.2) is 31.3 Å². The van der Waals surface area contributed by atoms with Crippen molar-refractivity contribution in [3.63, 3.8) is 0 Å². The third-order valence-corrected chi connectivity index (χ3v) is 6.68.